The summed E-state index contributed by atoms with van der Waals surface area (Å²) in [6.07, 6.45) is 1.62. The van der Waals surface area contributed by atoms with Gasteiger partial charge in [-0.2, -0.15) is 0 Å². The lowest BCUT2D eigenvalue weighted by atomic mass is 9.97. The number of methoxy groups -OCH3 is 1. The van der Waals surface area contributed by atoms with E-state index in [-0.39, 0.29) is 11.3 Å². The van der Waals surface area contributed by atoms with Gasteiger partial charge >= 0.3 is 0 Å². The molecule has 7 nitrogen and oxygen atoms in total. The molecule has 1 N–H and O–H groups in total. The monoisotopic (exact) mass is 423 g/mol. The number of aliphatic hydroxyl groups excluding tert-OH is 1. The SMILES string of the molecule is CCN(CC)CCN1C(=O)C(=O)C(=C(O)c2ccc(OC)c(C)c2)[C@H]1c1ccccn1. The zero-order valence-corrected chi connectivity index (χ0v) is 18.5. The van der Waals surface area contributed by atoms with Crippen LogP contribution in [0.2, 0.25) is 0 Å². The second-order valence-corrected chi connectivity index (χ2v) is 7.46. The maximum Gasteiger partial charge on any atom is 0.295 e. The number of amides is 1. The standard InChI is InChI=1S/C24H29N3O4/c1-5-26(6-2)13-14-27-21(18-9-7-8-12-25-18)20(23(29)24(27)30)22(28)17-10-11-19(31-4)16(3)15-17/h7-12,15,21,28H,5-6,13-14H2,1-4H3/t21-/m1/s1. The Hall–Kier alpha value is -3.19. The zero-order valence-electron chi connectivity index (χ0n) is 18.5. The van der Waals surface area contributed by atoms with Crippen molar-refractivity contribution in [2.75, 3.05) is 33.3 Å². The second kappa shape index (κ2) is 9.75. The number of aromatic nitrogens is 1. The molecule has 7 heteroatoms. The van der Waals surface area contributed by atoms with Crippen molar-refractivity contribution in [1.29, 1.82) is 0 Å². The van der Waals surface area contributed by atoms with Gasteiger partial charge in [0.15, 0.2) is 0 Å². The number of rotatable bonds is 8. The van der Waals surface area contributed by atoms with Crippen molar-refractivity contribution in [3.63, 3.8) is 0 Å². The van der Waals surface area contributed by atoms with Crippen LogP contribution in [0.1, 0.15) is 36.7 Å². The van der Waals surface area contributed by atoms with Gasteiger partial charge in [-0.25, -0.2) is 0 Å². The molecule has 0 unspecified atom stereocenters. The summed E-state index contributed by atoms with van der Waals surface area (Å²) >= 11 is 0. The van der Waals surface area contributed by atoms with Crippen LogP contribution in [0, 0.1) is 6.92 Å². The van der Waals surface area contributed by atoms with Crippen molar-refractivity contribution >= 4 is 17.4 Å². The maximum absolute atomic E-state index is 13.0. The molecule has 0 spiro atoms. The first-order chi connectivity index (χ1) is 14.9. The molecule has 2 heterocycles. The smallest absolute Gasteiger partial charge is 0.295 e. The minimum absolute atomic E-state index is 0.0628. The van der Waals surface area contributed by atoms with Crippen molar-refractivity contribution in [3.8, 4) is 5.75 Å². The number of aryl methyl sites for hydroxylation is 1. The summed E-state index contributed by atoms with van der Waals surface area (Å²) < 4.78 is 5.28. The van der Waals surface area contributed by atoms with Crippen molar-refractivity contribution in [2.24, 2.45) is 0 Å². The van der Waals surface area contributed by atoms with Crippen molar-refractivity contribution in [2.45, 2.75) is 26.8 Å². The molecule has 0 saturated carbocycles. The Bertz CT molecular complexity index is 984. The molecule has 2 aromatic rings. The molecule has 0 radical (unpaired) electrons. The summed E-state index contributed by atoms with van der Waals surface area (Å²) in [4.78, 5) is 34.1. The number of ketones is 1. The van der Waals surface area contributed by atoms with Crippen LogP contribution in [-0.4, -0.2) is 64.9 Å². The maximum atomic E-state index is 13.0. The predicted molar refractivity (Wildman–Crippen MR) is 119 cm³/mol. The van der Waals surface area contributed by atoms with E-state index in [0.29, 0.717) is 30.1 Å². The summed E-state index contributed by atoms with van der Waals surface area (Å²) in [5.74, 6) is -0.835. The van der Waals surface area contributed by atoms with Crippen LogP contribution < -0.4 is 4.74 Å². The van der Waals surface area contributed by atoms with E-state index in [1.807, 2.05) is 13.0 Å². The van der Waals surface area contributed by atoms with Gasteiger partial charge in [0.25, 0.3) is 11.7 Å². The summed E-state index contributed by atoms with van der Waals surface area (Å²) in [5, 5.41) is 11.1. The van der Waals surface area contributed by atoms with Crippen LogP contribution in [0.5, 0.6) is 5.75 Å². The van der Waals surface area contributed by atoms with Gasteiger partial charge in [-0.3, -0.25) is 14.6 Å². The normalized spacial score (nSPS) is 18.1. The van der Waals surface area contributed by atoms with Crippen molar-refractivity contribution < 1.29 is 19.4 Å². The van der Waals surface area contributed by atoms with E-state index in [0.717, 1.165) is 18.7 Å². The highest BCUT2D eigenvalue weighted by atomic mass is 16.5. The molecule has 0 bridgehead atoms. The number of Topliss-reactive ketones (excluding diaryl/α,β-unsaturated/α-hetero) is 1. The van der Waals surface area contributed by atoms with Gasteiger partial charge in [-0.1, -0.05) is 19.9 Å². The van der Waals surface area contributed by atoms with Gasteiger partial charge in [0.05, 0.1) is 18.4 Å². The first kappa shape index (κ1) is 22.5. The summed E-state index contributed by atoms with van der Waals surface area (Å²) in [5.41, 5.74) is 1.89. The number of pyridine rings is 1. The van der Waals surface area contributed by atoms with Crippen molar-refractivity contribution in [3.05, 3.63) is 65.0 Å². The molecular weight excluding hydrogens is 394 g/mol. The average molecular weight is 424 g/mol. The number of aliphatic hydroxyl groups is 1. The Morgan fingerprint density at radius 2 is 1.94 bits per heavy atom. The fourth-order valence-corrected chi connectivity index (χ4v) is 3.93. The highest BCUT2D eigenvalue weighted by Crippen LogP contribution is 2.38. The molecule has 1 atom stereocenters. The molecule has 1 saturated heterocycles. The third-order valence-corrected chi connectivity index (χ3v) is 5.73. The molecule has 0 aliphatic carbocycles. The van der Waals surface area contributed by atoms with Gasteiger partial charge in [0, 0.05) is 24.8 Å². The second-order valence-electron chi connectivity index (χ2n) is 7.46. The lowest BCUT2D eigenvalue weighted by Crippen LogP contribution is -2.38. The Morgan fingerprint density at radius 3 is 2.52 bits per heavy atom. The predicted octanol–water partition coefficient (Wildman–Crippen LogP) is 3.16. The highest BCUT2D eigenvalue weighted by Gasteiger charge is 2.46. The fraction of sp³-hybridized carbons (Fsp3) is 0.375. The zero-order chi connectivity index (χ0) is 22.5. The number of hydrogen-bond donors (Lipinski definition) is 1. The van der Waals surface area contributed by atoms with Crippen molar-refractivity contribution in [1.82, 2.24) is 14.8 Å². The van der Waals surface area contributed by atoms with Gasteiger partial charge in [0.2, 0.25) is 0 Å². The largest absolute Gasteiger partial charge is 0.507 e. The van der Waals surface area contributed by atoms with E-state index in [4.69, 9.17) is 4.74 Å². The fourth-order valence-electron chi connectivity index (χ4n) is 3.93. The van der Waals surface area contributed by atoms with E-state index in [1.54, 1.807) is 43.6 Å². The quantitative estimate of drug-likeness (QED) is 0.399. The molecule has 1 aromatic heterocycles. The van der Waals surface area contributed by atoms with Crippen LogP contribution in [0.15, 0.2) is 48.2 Å². The number of carbonyl (C=O) groups excluding carboxylic acids is 2. The topological polar surface area (TPSA) is 83.0 Å². The van der Waals surface area contributed by atoms with Crippen LogP contribution >= 0.6 is 0 Å². The van der Waals surface area contributed by atoms with Gasteiger partial charge in [-0.05, 0) is 55.9 Å². The Morgan fingerprint density at radius 1 is 1.19 bits per heavy atom. The van der Waals surface area contributed by atoms with Crippen LogP contribution in [-0.2, 0) is 9.59 Å². The number of benzene rings is 1. The molecule has 1 aliphatic heterocycles. The van der Waals surface area contributed by atoms with Crippen LogP contribution in [0.3, 0.4) is 0 Å². The number of hydrogen-bond acceptors (Lipinski definition) is 6. The van der Waals surface area contributed by atoms with E-state index in [9.17, 15) is 14.7 Å². The lowest BCUT2D eigenvalue weighted by molar-refractivity contribution is -0.140. The first-order valence-corrected chi connectivity index (χ1v) is 10.5. The average Bonchev–Trinajstić information content (AvgIpc) is 3.04. The van der Waals surface area contributed by atoms with E-state index in [1.165, 1.54) is 4.90 Å². The van der Waals surface area contributed by atoms with Gasteiger partial charge < -0.3 is 19.6 Å². The number of likely N-dealkylation sites (tertiary alicyclic amines) is 1. The van der Waals surface area contributed by atoms with E-state index in [2.05, 4.69) is 23.7 Å². The molecule has 1 fully saturated rings. The molecule has 3 rings (SSSR count). The van der Waals surface area contributed by atoms with E-state index >= 15 is 0 Å². The Labute approximate surface area is 183 Å². The minimum atomic E-state index is -0.737. The number of likely N-dealkylation sites (N-methyl/N-ethyl adjacent to an activating group) is 1. The van der Waals surface area contributed by atoms with Crippen LogP contribution in [0.4, 0.5) is 0 Å². The molecule has 1 aliphatic rings. The molecule has 1 amide bonds. The number of nitrogens with zero attached hydrogens (tertiary/aromatic N) is 3. The Kier molecular flexibility index (Phi) is 7.07. The third-order valence-electron chi connectivity index (χ3n) is 5.73. The summed E-state index contributed by atoms with van der Waals surface area (Å²) in [7, 11) is 1.57. The third kappa shape index (κ3) is 4.46. The van der Waals surface area contributed by atoms with E-state index < -0.39 is 17.7 Å². The Balaban J connectivity index is 2.08. The lowest BCUT2D eigenvalue weighted by Gasteiger charge is -2.27. The summed E-state index contributed by atoms with van der Waals surface area (Å²) in [6.45, 7) is 8.66. The van der Waals surface area contributed by atoms with Gasteiger partial charge in [-0.15, -0.1) is 0 Å². The molecule has 31 heavy (non-hydrogen) atoms. The number of carbonyl (C=O) groups is 2. The highest BCUT2D eigenvalue weighted by molar-refractivity contribution is 6.46. The molecule has 164 valence electrons. The number of ether oxygens (including phenoxy) is 1. The first-order valence-electron chi connectivity index (χ1n) is 10.5. The molecule has 1 aromatic carbocycles. The van der Waals surface area contributed by atoms with Crippen LogP contribution in [0.25, 0.3) is 5.76 Å². The minimum Gasteiger partial charge on any atom is -0.507 e. The summed E-state index contributed by atoms with van der Waals surface area (Å²) in [6, 6.07) is 9.78. The van der Waals surface area contributed by atoms with Gasteiger partial charge in [0.1, 0.15) is 17.6 Å². The molecular formula is C24H29N3O4.